The van der Waals surface area contributed by atoms with Crippen LogP contribution in [0.1, 0.15) is 69.8 Å². The molecular formula is C45H56N6O2. The lowest BCUT2D eigenvalue weighted by Crippen LogP contribution is -2.60. The van der Waals surface area contributed by atoms with Gasteiger partial charge in [0, 0.05) is 67.9 Å². The van der Waals surface area contributed by atoms with Gasteiger partial charge in [-0.25, -0.2) is 0 Å². The van der Waals surface area contributed by atoms with Crippen molar-refractivity contribution in [2.45, 2.75) is 75.2 Å². The first-order chi connectivity index (χ1) is 25.9. The number of carbonyl (C=O) groups is 1. The van der Waals surface area contributed by atoms with Gasteiger partial charge in [-0.1, -0.05) is 60.7 Å². The summed E-state index contributed by atoms with van der Waals surface area (Å²) >= 11 is 0. The monoisotopic (exact) mass is 712 g/mol. The minimum absolute atomic E-state index is 0.106. The van der Waals surface area contributed by atoms with Crippen molar-refractivity contribution in [3.63, 3.8) is 0 Å². The third kappa shape index (κ3) is 7.53. The van der Waals surface area contributed by atoms with E-state index in [9.17, 15) is 9.90 Å². The van der Waals surface area contributed by atoms with Crippen LogP contribution in [0, 0.1) is 11.8 Å². The van der Waals surface area contributed by atoms with Gasteiger partial charge in [0.15, 0.2) is 0 Å². The fraction of sp³-hybridized carbons (Fsp3) is 0.489. The fourth-order valence-electron chi connectivity index (χ4n) is 10.1. The molecule has 0 radical (unpaired) electrons. The number of phenols is 1. The second-order valence-corrected chi connectivity index (χ2v) is 16.5. The van der Waals surface area contributed by atoms with Gasteiger partial charge in [0.1, 0.15) is 5.75 Å². The molecule has 8 heteroatoms. The number of aromatic nitrogens is 2. The standard InChI is InChI=1S/C45H56N6O2/c1-48(43(53)36-20-28-51(45(32-36)21-10-22-45)27-19-35-17-25-49(26-18-35)38-13-6-3-7-14-38)34-44(37-11-4-2-5-12-37)23-29-50(30-24-44)39-31-41(47-46-33-39)40-15-8-9-16-42(40)52/h2-9,11-16,31,33,35-36,52H,10,17-30,32,34H2,1H3. The lowest BCUT2D eigenvalue weighted by molar-refractivity contribution is -0.141. The van der Waals surface area contributed by atoms with Crippen molar-refractivity contribution in [2.24, 2.45) is 11.8 Å². The molecule has 4 fully saturated rings. The summed E-state index contributed by atoms with van der Waals surface area (Å²) in [5.41, 5.74) is 5.16. The molecule has 1 aromatic heterocycles. The Hall–Kier alpha value is -4.43. The van der Waals surface area contributed by atoms with E-state index in [1.54, 1.807) is 6.07 Å². The summed E-state index contributed by atoms with van der Waals surface area (Å²) in [6, 6.07) is 31.1. The Morgan fingerprint density at radius 3 is 2.19 bits per heavy atom. The van der Waals surface area contributed by atoms with Crippen LogP contribution in [0.4, 0.5) is 11.4 Å². The van der Waals surface area contributed by atoms with Crippen LogP contribution in [-0.2, 0) is 10.2 Å². The molecule has 1 saturated carbocycles. The molecule has 1 spiro atoms. The quantitative estimate of drug-likeness (QED) is 0.180. The zero-order chi connectivity index (χ0) is 36.3. The highest BCUT2D eigenvalue weighted by Gasteiger charge is 2.49. The third-order valence-corrected chi connectivity index (χ3v) is 13.4. The first-order valence-corrected chi connectivity index (χ1v) is 20.1. The number of likely N-dealkylation sites (N-methyl/N-ethyl adjacent to an activating group) is 1. The summed E-state index contributed by atoms with van der Waals surface area (Å²) in [5.74, 6) is 1.45. The molecule has 4 aromatic rings. The Balaban J connectivity index is 0.889. The predicted molar refractivity (Wildman–Crippen MR) is 213 cm³/mol. The van der Waals surface area contributed by atoms with E-state index >= 15 is 0 Å². The van der Waals surface area contributed by atoms with Crippen molar-refractivity contribution in [2.75, 3.05) is 62.7 Å². The number of hydrogen-bond acceptors (Lipinski definition) is 7. The van der Waals surface area contributed by atoms with E-state index in [-0.39, 0.29) is 22.6 Å². The minimum atomic E-state index is -0.117. The molecule has 1 N–H and O–H groups in total. The van der Waals surface area contributed by atoms with E-state index in [0.717, 1.165) is 76.6 Å². The first kappa shape index (κ1) is 35.6. The smallest absolute Gasteiger partial charge is 0.225 e. The van der Waals surface area contributed by atoms with E-state index in [0.29, 0.717) is 17.2 Å². The Morgan fingerprint density at radius 2 is 1.49 bits per heavy atom. The van der Waals surface area contributed by atoms with E-state index in [1.165, 1.54) is 56.3 Å². The second kappa shape index (κ2) is 15.5. The maximum absolute atomic E-state index is 14.4. The first-order valence-electron chi connectivity index (χ1n) is 20.1. The summed E-state index contributed by atoms with van der Waals surface area (Å²) in [5, 5.41) is 19.1. The number of nitrogens with zero attached hydrogens (tertiary/aromatic N) is 6. The van der Waals surface area contributed by atoms with Crippen molar-refractivity contribution in [3.8, 4) is 17.0 Å². The van der Waals surface area contributed by atoms with Crippen LogP contribution in [-0.4, -0.2) is 89.4 Å². The maximum Gasteiger partial charge on any atom is 0.225 e. The van der Waals surface area contributed by atoms with Gasteiger partial charge >= 0.3 is 0 Å². The number of carbonyl (C=O) groups excluding carboxylic acids is 1. The van der Waals surface area contributed by atoms with Crippen molar-refractivity contribution < 1.29 is 9.90 Å². The summed E-state index contributed by atoms with van der Waals surface area (Å²) < 4.78 is 0. The van der Waals surface area contributed by atoms with Gasteiger partial charge in [-0.3, -0.25) is 9.69 Å². The van der Waals surface area contributed by atoms with Gasteiger partial charge in [-0.15, -0.1) is 0 Å². The van der Waals surface area contributed by atoms with Gasteiger partial charge in [0.2, 0.25) is 5.91 Å². The Morgan fingerprint density at radius 1 is 0.811 bits per heavy atom. The number of hydrogen-bond donors (Lipinski definition) is 1. The van der Waals surface area contributed by atoms with Crippen LogP contribution >= 0.6 is 0 Å². The number of piperidine rings is 3. The molecule has 278 valence electrons. The molecule has 53 heavy (non-hydrogen) atoms. The molecular weight excluding hydrogens is 657 g/mol. The lowest BCUT2D eigenvalue weighted by atomic mass is 9.66. The average molecular weight is 713 g/mol. The van der Waals surface area contributed by atoms with Gasteiger partial charge in [-0.05, 0) is 119 Å². The van der Waals surface area contributed by atoms with Gasteiger partial charge in [0.25, 0.3) is 0 Å². The van der Waals surface area contributed by atoms with Gasteiger partial charge in [0.05, 0.1) is 17.6 Å². The molecule has 4 heterocycles. The van der Waals surface area contributed by atoms with Crippen molar-refractivity contribution in [1.29, 1.82) is 0 Å². The minimum Gasteiger partial charge on any atom is -0.507 e. The molecule has 1 unspecified atom stereocenters. The Kier molecular flexibility index (Phi) is 10.4. The molecule has 1 aliphatic carbocycles. The lowest BCUT2D eigenvalue weighted by Gasteiger charge is -2.56. The molecule has 3 aliphatic heterocycles. The SMILES string of the molecule is CN(CC1(c2ccccc2)CCN(c2cnnc(-c3ccccc3O)c2)CC1)C(=O)C1CCN(CCC2CCN(c3ccccc3)CC2)C2(CCC2)C1. The van der Waals surface area contributed by atoms with Crippen LogP contribution in [0.2, 0.25) is 0 Å². The topological polar surface area (TPSA) is 76.0 Å². The fourth-order valence-corrected chi connectivity index (χ4v) is 10.1. The number of aromatic hydroxyl groups is 1. The van der Waals surface area contributed by atoms with Crippen LogP contribution in [0.25, 0.3) is 11.3 Å². The number of anilines is 2. The maximum atomic E-state index is 14.4. The molecule has 0 bridgehead atoms. The largest absolute Gasteiger partial charge is 0.507 e. The molecule has 1 atom stereocenters. The third-order valence-electron chi connectivity index (χ3n) is 13.4. The number of benzene rings is 3. The highest BCUT2D eigenvalue weighted by molar-refractivity contribution is 5.79. The molecule has 4 aliphatic rings. The van der Waals surface area contributed by atoms with Crippen LogP contribution in [0.15, 0.2) is 97.2 Å². The van der Waals surface area contributed by atoms with Crippen molar-refractivity contribution >= 4 is 17.3 Å². The summed E-state index contributed by atoms with van der Waals surface area (Å²) in [7, 11) is 2.06. The van der Waals surface area contributed by atoms with E-state index < -0.39 is 0 Å². The number of para-hydroxylation sites is 2. The normalized spacial score (nSPS) is 21.6. The Labute approximate surface area is 315 Å². The summed E-state index contributed by atoms with van der Waals surface area (Å²) in [4.78, 5) is 24.2. The predicted octanol–water partition coefficient (Wildman–Crippen LogP) is 7.79. The van der Waals surface area contributed by atoms with Crippen LogP contribution < -0.4 is 9.80 Å². The van der Waals surface area contributed by atoms with Crippen LogP contribution in [0.3, 0.4) is 0 Å². The van der Waals surface area contributed by atoms with E-state index in [2.05, 4.69) is 97.5 Å². The molecule has 1 amide bonds. The highest BCUT2D eigenvalue weighted by Crippen LogP contribution is 2.47. The zero-order valence-corrected chi connectivity index (χ0v) is 31.5. The number of likely N-dealkylation sites (tertiary alicyclic amines) is 1. The highest BCUT2D eigenvalue weighted by atomic mass is 16.3. The van der Waals surface area contributed by atoms with Crippen molar-refractivity contribution in [3.05, 3.63) is 103 Å². The number of phenolic OH excluding ortho intramolecular Hbond substituents is 1. The summed E-state index contributed by atoms with van der Waals surface area (Å²) in [6.45, 7) is 7.00. The second-order valence-electron chi connectivity index (χ2n) is 16.5. The molecule has 3 saturated heterocycles. The number of amides is 1. The molecule has 8 rings (SSSR count). The van der Waals surface area contributed by atoms with Gasteiger partial charge in [-0.2, -0.15) is 10.2 Å². The molecule has 8 nitrogen and oxygen atoms in total. The zero-order valence-electron chi connectivity index (χ0n) is 31.5. The summed E-state index contributed by atoms with van der Waals surface area (Å²) in [6.07, 6.45) is 13.3. The van der Waals surface area contributed by atoms with Crippen LogP contribution in [0.5, 0.6) is 5.75 Å². The molecule has 3 aromatic carbocycles. The Bertz CT molecular complexity index is 1820. The number of rotatable bonds is 10. The van der Waals surface area contributed by atoms with Gasteiger partial charge < -0.3 is 19.8 Å². The van der Waals surface area contributed by atoms with E-state index in [4.69, 9.17) is 0 Å². The average Bonchev–Trinajstić information content (AvgIpc) is 3.20. The van der Waals surface area contributed by atoms with E-state index in [1.807, 2.05) is 30.5 Å². The van der Waals surface area contributed by atoms with Crippen molar-refractivity contribution in [1.82, 2.24) is 20.0 Å².